The van der Waals surface area contributed by atoms with E-state index < -0.39 is 15.8 Å². The molecule has 0 saturated heterocycles. The normalized spacial score (nSPS) is 17.8. The average molecular weight is 433 g/mol. The molecule has 0 amide bonds. The Morgan fingerprint density at radius 3 is 2.53 bits per heavy atom. The molecule has 1 aliphatic carbocycles. The van der Waals surface area contributed by atoms with Crippen LogP contribution < -0.4 is 14.2 Å². The standard InChI is InChI=1S/C21H21F2N3O3S/c1-28-16-4-7-18-19(10-16)25-9-8-20(18)29-15-2-5-17(6-3-15)30(24,27)26-13-14-11-21(22,23)12-14/h2-10,14H,11-13H2,1H3,(H2,24,26,27). The highest BCUT2D eigenvalue weighted by Gasteiger charge is 2.45. The van der Waals surface area contributed by atoms with E-state index in [1.165, 1.54) is 0 Å². The average Bonchev–Trinajstić information content (AvgIpc) is 2.71. The molecule has 9 heteroatoms. The van der Waals surface area contributed by atoms with Crippen LogP contribution in [0.2, 0.25) is 0 Å². The predicted molar refractivity (Wildman–Crippen MR) is 110 cm³/mol. The lowest BCUT2D eigenvalue weighted by molar-refractivity contribution is -0.108. The molecule has 1 aromatic heterocycles. The fourth-order valence-corrected chi connectivity index (χ4v) is 4.55. The Hall–Kier alpha value is -2.78. The number of rotatable bonds is 7. The molecule has 1 heterocycles. The lowest BCUT2D eigenvalue weighted by Crippen LogP contribution is -2.42. The molecule has 1 fully saturated rings. The largest absolute Gasteiger partial charge is 0.497 e. The third kappa shape index (κ3) is 4.36. The number of benzene rings is 2. The maximum absolute atomic E-state index is 12.9. The van der Waals surface area contributed by atoms with Gasteiger partial charge in [-0.05, 0) is 48.4 Å². The number of fused-ring (bicyclic) bond motifs is 1. The quantitative estimate of drug-likeness (QED) is 0.550. The van der Waals surface area contributed by atoms with Crippen LogP contribution in [0.25, 0.3) is 10.9 Å². The second-order valence-corrected chi connectivity index (χ2v) is 9.17. The van der Waals surface area contributed by atoms with Gasteiger partial charge in [0.1, 0.15) is 27.2 Å². The molecule has 1 atom stereocenters. The molecule has 1 aliphatic rings. The Bertz CT molecular complexity index is 1160. The SMILES string of the molecule is COc1ccc2c(Oc3ccc(S(=N)(=O)NCC4CC(F)(F)C4)cc3)ccnc2c1. The fraction of sp³-hybridized carbons (Fsp3) is 0.286. The molecular formula is C21H21F2N3O3S. The second kappa shape index (κ2) is 7.81. The third-order valence-electron chi connectivity index (χ3n) is 5.04. The van der Waals surface area contributed by atoms with Crippen molar-refractivity contribution in [2.75, 3.05) is 13.7 Å². The summed E-state index contributed by atoms with van der Waals surface area (Å²) in [6.45, 7) is 0.128. The van der Waals surface area contributed by atoms with E-state index in [4.69, 9.17) is 14.3 Å². The molecule has 0 radical (unpaired) electrons. The van der Waals surface area contributed by atoms with E-state index in [9.17, 15) is 13.0 Å². The zero-order valence-corrected chi connectivity index (χ0v) is 17.0. The van der Waals surface area contributed by atoms with Crippen molar-refractivity contribution in [2.45, 2.75) is 23.7 Å². The van der Waals surface area contributed by atoms with Crippen molar-refractivity contribution in [2.24, 2.45) is 5.92 Å². The highest BCUT2D eigenvalue weighted by molar-refractivity contribution is 7.90. The molecule has 1 unspecified atom stereocenters. The molecule has 2 N–H and O–H groups in total. The van der Waals surface area contributed by atoms with Gasteiger partial charge in [-0.2, -0.15) is 0 Å². The summed E-state index contributed by atoms with van der Waals surface area (Å²) in [5.41, 5.74) is 0.725. The van der Waals surface area contributed by atoms with E-state index in [0.29, 0.717) is 17.2 Å². The molecule has 4 rings (SSSR count). The Morgan fingerprint density at radius 2 is 1.87 bits per heavy atom. The molecule has 1 saturated carbocycles. The fourth-order valence-electron chi connectivity index (χ4n) is 3.39. The summed E-state index contributed by atoms with van der Waals surface area (Å²) in [5, 5.41) is 0.811. The molecule has 2 aromatic carbocycles. The van der Waals surface area contributed by atoms with Crippen molar-refractivity contribution in [3.63, 3.8) is 0 Å². The minimum atomic E-state index is -3.28. The lowest BCUT2D eigenvalue weighted by Gasteiger charge is -2.35. The van der Waals surface area contributed by atoms with E-state index >= 15 is 0 Å². The van der Waals surface area contributed by atoms with Gasteiger partial charge in [-0.3, -0.25) is 4.98 Å². The van der Waals surface area contributed by atoms with Gasteiger partial charge in [-0.1, -0.05) is 0 Å². The summed E-state index contributed by atoms with van der Waals surface area (Å²) in [6, 6.07) is 13.6. The van der Waals surface area contributed by atoms with Crippen LogP contribution >= 0.6 is 0 Å². The van der Waals surface area contributed by atoms with Gasteiger partial charge in [0.15, 0.2) is 0 Å². The highest BCUT2D eigenvalue weighted by Crippen LogP contribution is 2.42. The van der Waals surface area contributed by atoms with Crippen LogP contribution in [0.3, 0.4) is 0 Å². The van der Waals surface area contributed by atoms with Gasteiger partial charge >= 0.3 is 0 Å². The van der Waals surface area contributed by atoms with Crippen LogP contribution in [0, 0.1) is 10.7 Å². The van der Waals surface area contributed by atoms with E-state index in [1.807, 2.05) is 18.2 Å². The van der Waals surface area contributed by atoms with Crippen molar-refractivity contribution in [1.82, 2.24) is 9.71 Å². The van der Waals surface area contributed by atoms with Gasteiger partial charge in [0.05, 0.1) is 17.5 Å². The molecule has 30 heavy (non-hydrogen) atoms. The van der Waals surface area contributed by atoms with Crippen LogP contribution in [0.1, 0.15) is 12.8 Å². The van der Waals surface area contributed by atoms with Crippen LogP contribution in [0.5, 0.6) is 17.2 Å². The highest BCUT2D eigenvalue weighted by atomic mass is 32.2. The number of ether oxygens (including phenoxy) is 2. The number of aromatic nitrogens is 1. The molecule has 3 aromatic rings. The van der Waals surface area contributed by atoms with Gasteiger partial charge in [-0.15, -0.1) is 0 Å². The maximum atomic E-state index is 12.9. The number of nitrogens with zero attached hydrogens (tertiary/aromatic N) is 1. The number of nitrogens with one attached hydrogen (secondary N) is 2. The van der Waals surface area contributed by atoms with Gasteiger partial charge < -0.3 is 9.47 Å². The van der Waals surface area contributed by atoms with Crippen molar-refractivity contribution in [3.05, 3.63) is 54.7 Å². The Kier molecular flexibility index (Phi) is 5.33. The van der Waals surface area contributed by atoms with Gasteiger partial charge in [-0.25, -0.2) is 22.5 Å². The molecule has 158 valence electrons. The Labute approximate surface area is 173 Å². The maximum Gasteiger partial charge on any atom is 0.248 e. The number of hydrogen-bond donors (Lipinski definition) is 2. The van der Waals surface area contributed by atoms with Crippen LogP contribution in [-0.2, 0) is 9.92 Å². The summed E-state index contributed by atoms with van der Waals surface area (Å²) in [4.78, 5) is 4.58. The number of hydrogen-bond acceptors (Lipinski definition) is 5. The van der Waals surface area contributed by atoms with Gasteiger partial charge in [0.25, 0.3) is 0 Å². The molecule has 0 bridgehead atoms. The molecule has 6 nitrogen and oxygen atoms in total. The third-order valence-corrected chi connectivity index (χ3v) is 6.55. The zero-order chi connectivity index (χ0) is 21.4. The van der Waals surface area contributed by atoms with Crippen LogP contribution in [0.4, 0.5) is 8.78 Å². The molecule has 0 spiro atoms. The molecule has 0 aliphatic heterocycles. The van der Waals surface area contributed by atoms with Crippen LogP contribution in [0.15, 0.2) is 59.6 Å². The lowest BCUT2D eigenvalue weighted by atomic mass is 9.82. The van der Waals surface area contributed by atoms with Crippen molar-refractivity contribution in [3.8, 4) is 17.2 Å². The second-order valence-electron chi connectivity index (χ2n) is 7.30. The van der Waals surface area contributed by atoms with E-state index in [2.05, 4.69) is 9.71 Å². The first-order valence-electron chi connectivity index (χ1n) is 9.38. The summed E-state index contributed by atoms with van der Waals surface area (Å²) in [7, 11) is -1.69. The first-order valence-corrected chi connectivity index (χ1v) is 10.9. The zero-order valence-electron chi connectivity index (χ0n) is 16.2. The van der Waals surface area contributed by atoms with E-state index in [0.717, 1.165) is 10.9 Å². The number of alkyl halides is 2. The monoisotopic (exact) mass is 433 g/mol. The number of pyridine rings is 1. The minimum Gasteiger partial charge on any atom is -0.497 e. The van der Waals surface area contributed by atoms with Crippen molar-refractivity contribution >= 4 is 20.8 Å². The molecular weight excluding hydrogens is 412 g/mol. The van der Waals surface area contributed by atoms with E-state index in [1.54, 1.807) is 43.6 Å². The number of halogens is 2. The minimum absolute atomic E-state index is 0.128. The Morgan fingerprint density at radius 1 is 1.17 bits per heavy atom. The van der Waals surface area contributed by atoms with Crippen molar-refractivity contribution in [1.29, 1.82) is 4.78 Å². The van der Waals surface area contributed by atoms with Gasteiger partial charge in [0, 0.05) is 37.0 Å². The predicted octanol–water partition coefficient (Wildman–Crippen LogP) is 4.99. The topological polar surface area (TPSA) is 84.3 Å². The number of methoxy groups -OCH3 is 1. The Balaban J connectivity index is 1.45. The first kappa shape index (κ1) is 20.5. The summed E-state index contributed by atoms with van der Waals surface area (Å²) in [5.74, 6) is -1.08. The smallest absolute Gasteiger partial charge is 0.248 e. The van der Waals surface area contributed by atoms with Gasteiger partial charge in [0.2, 0.25) is 5.92 Å². The van der Waals surface area contributed by atoms with Crippen LogP contribution in [-0.4, -0.2) is 28.8 Å². The summed E-state index contributed by atoms with van der Waals surface area (Å²) in [6.07, 6.45) is 1.18. The summed E-state index contributed by atoms with van der Waals surface area (Å²) < 4.78 is 60.3. The van der Waals surface area contributed by atoms with E-state index in [-0.39, 0.29) is 30.2 Å². The van der Waals surface area contributed by atoms with Crippen molar-refractivity contribution < 1.29 is 22.5 Å². The first-order chi connectivity index (χ1) is 14.3. The summed E-state index contributed by atoms with van der Waals surface area (Å²) >= 11 is 0.